The van der Waals surface area contributed by atoms with Crippen LogP contribution in [0.15, 0.2) is 53.5 Å². The zero-order valence-corrected chi connectivity index (χ0v) is 17.8. The van der Waals surface area contributed by atoms with E-state index in [-0.39, 0.29) is 23.9 Å². The predicted molar refractivity (Wildman–Crippen MR) is 117 cm³/mol. The van der Waals surface area contributed by atoms with Crippen molar-refractivity contribution in [2.75, 3.05) is 18.5 Å². The second-order valence-corrected chi connectivity index (χ2v) is 7.95. The first-order valence-electron chi connectivity index (χ1n) is 10.3. The third-order valence-electron chi connectivity index (χ3n) is 5.27. The second-order valence-electron chi connectivity index (χ2n) is 7.95. The molecule has 10 heteroatoms. The molecule has 0 saturated carbocycles. The first-order chi connectivity index (χ1) is 15.8. The largest absolute Gasteiger partial charge is 0.373 e. The molecule has 172 valence electrons. The fourth-order valence-electron chi connectivity index (χ4n) is 3.42. The van der Waals surface area contributed by atoms with Crippen molar-refractivity contribution in [3.8, 4) is 11.3 Å². The Kier molecular flexibility index (Phi) is 6.45. The Labute approximate surface area is 188 Å². The van der Waals surface area contributed by atoms with E-state index in [1.54, 1.807) is 18.2 Å². The molecule has 2 aromatic carbocycles. The van der Waals surface area contributed by atoms with Crippen LogP contribution in [0.2, 0.25) is 0 Å². The van der Waals surface area contributed by atoms with Crippen LogP contribution in [0.1, 0.15) is 30.1 Å². The number of halogens is 3. The Morgan fingerprint density at radius 1 is 1.15 bits per heavy atom. The van der Waals surface area contributed by atoms with E-state index < -0.39 is 23.1 Å². The summed E-state index contributed by atoms with van der Waals surface area (Å²) in [6.45, 7) is 2.83. The average Bonchev–Trinajstić information content (AvgIpc) is 3.44. The number of benzene rings is 2. The molecule has 1 saturated heterocycles. The SMILES string of the molecule is CC1(CN=C(NC(=O)c2ccc(F)c(F)c2)Nc2cc(-c3ccc(F)cc3)[nH]n2)CCCO1. The third-order valence-corrected chi connectivity index (χ3v) is 5.27. The Balaban J connectivity index is 1.54. The van der Waals surface area contributed by atoms with E-state index in [4.69, 9.17) is 4.74 Å². The number of nitrogens with zero attached hydrogens (tertiary/aromatic N) is 2. The highest BCUT2D eigenvalue weighted by molar-refractivity contribution is 6.09. The van der Waals surface area contributed by atoms with Gasteiger partial charge in [0.25, 0.3) is 5.91 Å². The summed E-state index contributed by atoms with van der Waals surface area (Å²) in [5.41, 5.74) is 0.800. The quantitative estimate of drug-likeness (QED) is 0.394. The fourth-order valence-corrected chi connectivity index (χ4v) is 3.42. The summed E-state index contributed by atoms with van der Waals surface area (Å²) in [4.78, 5) is 17.1. The number of ether oxygens (including phenoxy) is 1. The number of amides is 1. The minimum absolute atomic E-state index is 0.0682. The smallest absolute Gasteiger partial charge is 0.258 e. The molecule has 0 bridgehead atoms. The fraction of sp³-hybridized carbons (Fsp3) is 0.261. The lowest BCUT2D eigenvalue weighted by Gasteiger charge is -2.21. The average molecular weight is 457 g/mol. The van der Waals surface area contributed by atoms with Gasteiger partial charge in [-0.1, -0.05) is 0 Å². The number of carbonyl (C=O) groups is 1. The monoisotopic (exact) mass is 457 g/mol. The van der Waals surface area contributed by atoms with E-state index in [0.717, 1.165) is 25.0 Å². The molecule has 0 radical (unpaired) electrons. The highest BCUT2D eigenvalue weighted by Gasteiger charge is 2.29. The number of aromatic amines is 1. The van der Waals surface area contributed by atoms with Crippen LogP contribution in [0.4, 0.5) is 19.0 Å². The lowest BCUT2D eigenvalue weighted by atomic mass is 10.0. The third kappa shape index (κ3) is 5.58. The van der Waals surface area contributed by atoms with Gasteiger partial charge in [0.15, 0.2) is 17.5 Å². The molecule has 1 amide bonds. The van der Waals surface area contributed by atoms with Gasteiger partial charge in [0.2, 0.25) is 5.96 Å². The number of guanidine groups is 1. The summed E-state index contributed by atoms with van der Waals surface area (Å²) in [5.74, 6) is -2.79. The van der Waals surface area contributed by atoms with Gasteiger partial charge >= 0.3 is 0 Å². The van der Waals surface area contributed by atoms with Gasteiger partial charge in [0, 0.05) is 18.2 Å². The van der Waals surface area contributed by atoms with Crippen molar-refractivity contribution in [3.63, 3.8) is 0 Å². The molecule has 1 aliphatic rings. The summed E-state index contributed by atoms with van der Waals surface area (Å²) >= 11 is 0. The maximum atomic E-state index is 13.6. The van der Waals surface area contributed by atoms with E-state index in [2.05, 4.69) is 25.8 Å². The van der Waals surface area contributed by atoms with E-state index in [1.165, 1.54) is 18.2 Å². The van der Waals surface area contributed by atoms with Crippen molar-refractivity contribution in [2.45, 2.75) is 25.4 Å². The summed E-state index contributed by atoms with van der Waals surface area (Å²) in [6, 6.07) is 10.4. The number of aromatic nitrogens is 2. The minimum Gasteiger partial charge on any atom is -0.373 e. The number of aliphatic imine (C=N–C) groups is 1. The van der Waals surface area contributed by atoms with Gasteiger partial charge in [-0.05, 0) is 67.8 Å². The first kappa shape index (κ1) is 22.5. The van der Waals surface area contributed by atoms with Crippen molar-refractivity contribution in [2.24, 2.45) is 4.99 Å². The summed E-state index contributed by atoms with van der Waals surface area (Å²) in [5, 5.41) is 12.5. The summed E-state index contributed by atoms with van der Waals surface area (Å²) < 4.78 is 45.7. The molecule has 33 heavy (non-hydrogen) atoms. The normalized spacial score (nSPS) is 18.4. The molecule has 1 aliphatic heterocycles. The molecule has 1 atom stereocenters. The van der Waals surface area contributed by atoms with Gasteiger partial charge in [-0.25, -0.2) is 18.2 Å². The molecule has 2 heterocycles. The zero-order valence-electron chi connectivity index (χ0n) is 17.8. The molecule has 3 aromatic rings. The number of carbonyl (C=O) groups excluding carboxylic acids is 1. The van der Waals surface area contributed by atoms with Gasteiger partial charge in [0.05, 0.1) is 17.8 Å². The Bertz CT molecular complexity index is 1170. The molecule has 4 rings (SSSR count). The molecular formula is C23H22F3N5O2. The number of hydrogen-bond donors (Lipinski definition) is 3. The van der Waals surface area contributed by atoms with Crippen LogP contribution >= 0.6 is 0 Å². The Hall–Kier alpha value is -3.66. The van der Waals surface area contributed by atoms with E-state index in [1.807, 2.05) is 6.92 Å². The number of nitrogens with one attached hydrogen (secondary N) is 3. The van der Waals surface area contributed by atoms with Crippen molar-refractivity contribution in [1.29, 1.82) is 0 Å². The molecule has 0 aliphatic carbocycles. The number of H-pyrrole nitrogens is 1. The van der Waals surface area contributed by atoms with E-state index >= 15 is 0 Å². The summed E-state index contributed by atoms with van der Waals surface area (Å²) in [7, 11) is 0. The topological polar surface area (TPSA) is 91.4 Å². The second kappa shape index (κ2) is 9.45. The molecule has 0 spiro atoms. The van der Waals surface area contributed by atoms with Gasteiger partial charge in [-0.15, -0.1) is 0 Å². The predicted octanol–water partition coefficient (Wildman–Crippen LogP) is 4.26. The van der Waals surface area contributed by atoms with Crippen LogP contribution in [0.3, 0.4) is 0 Å². The minimum atomic E-state index is -1.13. The number of hydrogen-bond acceptors (Lipinski definition) is 4. The molecule has 1 fully saturated rings. The van der Waals surface area contributed by atoms with Crippen molar-refractivity contribution < 1.29 is 22.7 Å². The van der Waals surface area contributed by atoms with Gasteiger partial charge in [-0.2, -0.15) is 5.10 Å². The Morgan fingerprint density at radius 3 is 2.64 bits per heavy atom. The number of rotatable bonds is 5. The van der Waals surface area contributed by atoms with E-state index in [0.29, 0.717) is 23.7 Å². The van der Waals surface area contributed by atoms with Gasteiger partial charge in [0.1, 0.15) is 5.82 Å². The van der Waals surface area contributed by atoms with Gasteiger partial charge < -0.3 is 10.1 Å². The first-order valence-corrected chi connectivity index (χ1v) is 10.3. The highest BCUT2D eigenvalue weighted by atomic mass is 19.2. The van der Waals surface area contributed by atoms with Crippen LogP contribution in [0.25, 0.3) is 11.3 Å². The van der Waals surface area contributed by atoms with Crippen molar-refractivity contribution in [3.05, 3.63) is 71.5 Å². The molecule has 1 aromatic heterocycles. The number of anilines is 1. The zero-order chi connectivity index (χ0) is 23.4. The van der Waals surface area contributed by atoms with Crippen molar-refractivity contribution in [1.82, 2.24) is 15.5 Å². The van der Waals surface area contributed by atoms with Crippen LogP contribution in [-0.4, -0.2) is 40.8 Å². The maximum absolute atomic E-state index is 13.6. The maximum Gasteiger partial charge on any atom is 0.258 e. The van der Waals surface area contributed by atoms with Crippen LogP contribution in [0, 0.1) is 17.5 Å². The molecule has 1 unspecified atom stereocenters. The van der Waals surface area contributed by atoms with E-state index in [9.17, 15) is 18.0 Å². The highest BCUT2D eigenvalue weighted by Crippen LogP contribution is 2.25. The molecule has 3 N–H and O–H groups in total. The lowest BCUT2D eigenvalue weighted by molar-refractivity contribution is 0.0284. The Morgan fingerprint density at radius 2 is 1.94 bits per heavy atom. The van der Waals surface area contributed by atoms with Crippen LogP contribution in [-0.2, 0) is 4.74 Å². The molecule has 7 nitrogen and oxygen atoms in total. The van der Waals surface area contributed by atoms with Crippen LogP contribution in [0.5, 0.6) is 0 Å². The standard InChI is InChI=1S/C23H22F3N5O2/c1-23(9-2-10-33-23)13-27-22(29-21(32)15-5-8-17(25)18(26)11-15)28-20-12-19(30-31-20)14-3-6-16(24)7-4-14/h3-8,11-12H,2,9-10,13H2,1H3,(H3,27,28,29,30,31,32). The molecular weight excluding hydrogens is 435 g/mol. The van der Waals surface area contributed by atoms with Crippen molar-refractivity contribution >= 4 is 17.7 Å². The summed E-state index contributed by atoms with van der Waals surface area (Å²) in [6.07, 6.45) is 1.73. The van der Waals surface area contributed by atoms with Gasteiger partial charge in [-0.3, -0.25) is 15.2 Å². The van der Waals surface area contributed by atoms with Crippen LogP contribution < -0.4 is 10.6 Å². The lowest BCUT2D eigenvalue weighted by Crippen LogP contribution is -2.38.